The van der Waals surface area contributed by atoms with Gasteiger partial charge in [0.05, 0.1) is 12.8 Å². The van der Waals surface area contributed by atoms with E-state index in [0.717, 1.165) is 44.2 Å². The van der Waals surface area contributed by atoms with Crippen molar-refractivity contribution < 1.29 is 4.42 Å². The van der Waals surface area contributed by atoms with Gasteiger partial charge in [-0.3, -0.25) is 4.90 Å². The van der Waals surface area contributed by atoms with Crippen molar-refractivity contribution in [3.63, 3.8) is 0 Å². The maximum atomic E-state index is 6.01. The first kappa shape index (κ1) is 16.6. The van der Waals surface area contributed by atoms with Crippen molar-refractivity contribution in [3.8, 4) is 0 Å². The fourth-order valence-electron chi connectivity index (χ4n) is 2.56. The third kappa shape index (κ3) is 4.61. The highest BCUT2D eigenvalue weighted by atomic mass is 35.5. The predicted octanol–water partition coefficient (Wildman–Crippen LogP) is 4.10. The zero-order chi connectivity index (χ0) is 16.2. The number of nitrogens with zero attached hydrogens (tertiary/aromatic N) is 2. The summed E-state index contributed by atoms with van der Waals surface area (Å²) >= 11 is 17.5. The molecule has 0 spiro atoms. The fraction of sp³-hybridized carbons (Fsp3) is 0.312. The van der Waals surface area contributed by atoms with Gasteiger partial charge in [0.2, 0.25) is 0 Å². The second-order valence-corrected chi connectivity index (χ2v) is 6.69. The SMILES string of the molecule is S=C(Nc1cc(Cl)cc(Cl)c1)N1CCN(Cc2ccco2)CC1. The lowest BCUT2D eigenvalue weighted by Crippen LogP contribution is -2.49. The molecule has 0 saturated carbocycles. The van der Waals surface area contributed by atoms with Crippen LogP contribution in [0.15, 0.2) is 41.0 Å². The minimum atomic E-state index is 0.589. The van der Waals surface area contributed by atoms with Crippen molar-refractivity contribution in [2.45, 2.75) is 6.54 Å². The Hall–Kier alpha value is -1.27. The Balaban J connectivity index is 1.51. The van der Waals surface area contributed by atoms with Crippen molar-refractivity contribution in [1.29, 1.82) is 0 Å². The van der Waals surface area contributed by atoms with E-state index in [4.69, 9.17) is 39.8 Å². The molecule has 1 aliphatic heterocycles. The summed E-state index contributed by atoms with van der Waals surface area (Å²) < 4.78 is 5.39. The number of hydrogen-bond acceptors (Lipinski definition) is 3. The smallest absolute Gasteiger partial charge is 0.173 e. The molecule has 0 atom stereocenters. The average Bonchev–Trinajstić information content (AvgIpc) is 3.00. The van der Waals surface area contributed by atoms with Crippen LogP contribution in [0.3, 0.4) is 0 Å². The summed E-state index contributed by atoms with van der Waals surface area (Å²) in [6, 6.07) is 9.24. The minimum absolute atomic E-state index is 0.589. The van der Waals surface area contributed by atoms with Gasteiger partial charge in [0.15, 0.2) is 5.11 Å². The number of benzene rings is 1. The Morgan fingerprint density at radius 3 is 2.43 bits per heavy atom. The molecule has 0 bridgehead atoms. The number of piperazine rings is 1. The van der Waals surface area contributed by atoms with Crippen LogP contribution in [0.25, 0.3) is 0 Å². The summed E-state index contributed by atoms with van der Waals surface area (Å²) in [5.41, 5.74) is 0.811. The van der Waals surface area contributed by atoms with E-state index < -0.39 is 0 Å². The first-order valence-electron chi connectivity index (χ1n) is 7.37. The van der Waals surface area contributed by atoms with Gasteiger partial charge in [0.1, 0.15) is 5.76 Å². The van der Waals surface area contributed by atoms with E-state index in [9.17, 15) is 0 Å². The Morgan fingerprint density at radius 1 is 1.13 bits per heavy atom. The molecule has 2 aromatic rings. The Morgan fingerprint density at radius 2 is 1.83 bits per heavy atom. The van der Waals surface area contributed by atoms with E-state index >= 15 is 0 Å². The number of thiocarbonyl (C=S) groups is 1. The zero-order valence-electron chi connectivity index (χ0n) is 12.5. The molecule has 1 aromatic carbocycles. The third-order valence-corrected chi connectivity index (χ3v) is 4.53. The van der Waals surface area contributed by atoms with E-state index in [1.807, 2.05) is 24.3 Å². The molecule has 1 saturated heterocycles. The highest BCUT2D eigenvalue weighted by Crippen LogP contribution is 2.23. The molecule has 1 aromatic heterocycles. The van der Waals surface area contributed by atoms with Crippen molar-refractivity contribution >= 4 is 46.2 Å². The van der Waals surface area contributed by atoms with Gasteiger partial charge in [0, 0.05) is 41.9 Å². The number of furan rings is 1. The first-order chi connectivity index (χ1) is 11.1. The molecule has 4 nitrogen and oxygen atoms in total. The molecule has 23 heavy (non-hydrogen) atoms. The largest absolute Gasteiger partial charge is 0.468 e. The van der Waals surface area contributed by atoms with Crippen LogP contribution in [-0.2, 0) is 6.54 Å². The summed E-state index contributed by atoms with van der Waals surface area (Å²) in [7, 11) is 0. The van der Waals surface area contributed by atoms with Crippen LogP contribution >= 0.6 is 35.4 Å². The summed E-state index contributed by atoms with van der Waals surface area (Å²) in [5, 5.41) is 5.08. The first-order valence-corrected chi connectivity index (χ1v) is 8.53. The third-order valence-electron chi connectivity index (χ3n) is 3.73. The number of anilines is 1. The van der Waals surface area contributed by atoms with Crippen LogP contribution in [0.5, 0.6) is 0 Å². The molecule has 0 radical (unpaired) electrons. The lowest BCUT2D eigenvalue weighted by molar-refractivity contribution is 0.166. The normalized spacial score (nSPS) is 15.7. The predicted molar refractivity (Wildman–Crippen MR) is 98.2 cm³/mol. The molecule has 0 amide bonds. The lowest BCUT2D eigenvalue weighted by Gasteiger charge is -2.35. The quantitative estimate of drug-likeness (QED) is 0.823. The van der Waals surface area contributed by atoms with Gasteiger partial charge >= 0.3 is 0 Å². The van der Waals surface area contributed by atoms with Crippen LogP contribution in [0.1, 0.15) is 5.76 Å². The van der Waals surface area contributed by atoms with Crippen molar-refractivity contribution in [1.82, 2.24) is 9.80 Å². The highest BCUT2D eigenvalue weighted by molar-refractivity contribution is 7.80. The molecular formula is C16H17Cl2N3OS. The average molecular weight is 370 g/mol. The maximum absolute atomic E-state index is 6.01. The summed E-state index contributed by atoms with van der Waals surface area (Å²) in [6.45, 7) is 4.48. The van der Waals surface area contributed by atoms with Gasteiger partial charge in [-0.2, -0.15) is 0 Å². The molecule has 2 heterocycles. The second-order valence-electron chi connectivity index (χ2n) is 5.43. The monoisotopic (exact) mass is 369 g/mol. The van der Waals surface area contributed by atoms with Crippen LogP contribution in [-0.4, -0.2) is 41.1 Å². The Kier molecular flexibility index (Phi) is 5.43. The van der Waals surface area contributed by atoms with Gasteiger partial charge in [0.25, 0.3) is 0 Å². The van der Waals surface area contributed by atoms with Gasteiger partial charge < -0.3 is 14.6 Å². The molecule has 1 fully saturated rings. The molecule has 1 aliphatic rings. The number of rotatable bonds is 3. The second kappa shape index (κ2) is 7.53. The maximum Gasteiger partial charge on any atom is 0.173 e. The van der Waals surface area contributed by atoms with E-state index in [1.165, 1.54) is 0 Å². The van der Waals surface area contributed by atoms with Crippen LogP contribution in [0.4, 0.5) is 5.69 Å². The Bertz CT molecular complexity index is 650. The van der Waals surface area contributed by atoms with Gasteiger partial charge in [-0.05, 0) is 42.5 Å². The van der Waals surface area contributed by atoms with Gasteiger partial charge in [-0.1, -0.05) is 23.2 Å². The number of nitrogens with one attached hydrogen (secondary N) is 1. The van der Waals surface area contributed by atoms with E-state index in [2.05, 4.69) is 15.1 Å². The summed E-state index contributed by atoms with van der Waals surface area (Å²) in [4.78, 5) is 4.51. The van der Waals surface area contributed by atoms with Crippen molar-refractivity contribution in [2.24, 2.45) is 0 Å². The molecule has 122 valence electrons. The fourth-order valence-corrected chi connectivity index (χ4v) is 3.39. The molecule has 7 heteroatoms. The molecule has 0 unspecified atom stereocenters. The van der Waals surface area contributed by atoms with Gasteiger partial charge in [-0.25, -0.2) is 0 Å². The molecule has 3 rings (SSSR count). The number of halogens is 2. The van der Waals surface area contributed by atoms with Crippen LogP contribution in [0, 0.1) is 0 Å². The van der Waals surface area contributed by atoms with Crippen LogP contribution < -0.4 is 5.32 Å². The van der Waals surface area contributed by atoms with E-state index in [-0.39, 0.29) is 0 Å². The Labute approximate surface area is 151 Å². The number of hydrogen-bond donors (Lipinski definition) is 1. The summed E-state index contributed by atoms with van der Waals surface area (Å²) in [5.74, 6) is 0.993. The van der Waals surface area contributed by atoms with E-state index in [0.29, 0.717) is 15.2 Å². The molecular weight excluding hydrogens is 353 g/mol. The van der Waals surface area contributed by atoms with Crippen molar-refractivity contribution in [3.05, 3.63) is 52.4 Å². The standard InChI is InChI=1S/C16H17Cl2N3OS/c17-12-8-13(18)10-14(9-12)19-16(23)21-5-3-20(4-6-21)11-15-2-1-7-22-15/h1-2,7-10H,3-6,11H2,(H,19,23). The van der Waals surface area contributed by atoms with Gasteiger partial charge in [-0.15, -0.1) is 0 Å². The minimum Gasteiger partial charge on any atom is -0.468 e. The van der Waals surface area contributed by atoms with E-state index in [1.54, 1.807) is 12.3 Å². The van der Waals surface area contributed by atoms with Crippen LogP contribution in [0.2, 0.25) is 10.0 Å². The zero-order valence-corrected chi connectivity index (χ0v) is 14.8. The topological polar surface area (TPSA) is 31.6 Å². The highest BCUT2D eigenvalue weighted by Gasteiger charge is 2.19. The van der Waals surface area contributed by atoms with Crippen molar-refractivity contribution in [2.75, 3.05) is 31.5 Å². The summed E-state index contributed by atoms with van der Waals surface area (Å²) in [6.07, 6.45) is 1.71. The molecule has 0 aliphatic carbocycles. The lowest BCUT2D eigenvalue weighted by atomic mass is 10.3. The molecule has 1 N–H and O–H groups in total.